The second-order valence-corrected chi connectivity index (χ2v) is 7.22. The first-order valence-corrected chi connectivity index (χ1v) is 8.91. The van der Waals surface area contributed by atoms with E-state index in [1.54, 1.807) is 24.7 Å². The summed E-state index contributed by atoms with van der Waals surface area (Å²) >= 11 is 0. The highest BCUT2D eigenvalue weighted by Gasteiger charge is 2.21. The molecule has 1 amide bonds. The van der Waals surface area contributed by atoms with Crippen LogP contribution in [0.1, 0.15) is 18.4 Å². The molecule has 3 rings (SSSR count). The van der Waals surface area contributed by atoms with Gasteiger partial charge in [-0.25, -0.2) is 18.1 Å². The van der Waals surface area contributed by atoms with Crippen LogP contribution in [-0.4, -0.2) is 30.4 Å². The molecule has 0 unspecified atom stereocenters. The molecule has 1 aliphatic heterocycles. The number of anilines is 1. The maximum atomic E-state index is 12.3. The second-order valence-electron chi connectivity index (χ2n) is 5.45. The van der Waals surface area contributed by atoms with Crippen LogP contribution in [0.4, 0.5) is 5.69 Å². The summed E-state index contributed by atoms with van der Waals surface area (Å²) in [5, 5.41) is 2.69. The van der Waals surface area contributed by atoms with Crippen molar-refractivity contribution in [3.8, 4) is 0 Å². The van der Waals surface area contributed by atoms with Crippen LogP contribution in [0.15, 0.2) is 41.8 Å². The van der Waals surface area contributed by atoms with Gasteiger partial charge in [0.2, 0.25) is 15.9 Å². The fraction of sp³-hybridized carbons (Fsp3) is 0.333. The van der Waals surface area contributed by atoms with E-state index in [-0.39, 0.29) is 17.2 Å². The molecule has 1 aliphatic rings. The molecule has 2 N–H and O–H groups in total. The van der Waals surface area contributed by atoms with Gasteiger partial charge in [-0.05, 0) is 36.6 Å². The minimum Gasteiger partial charge on any atom is -0.337 e. The lowest BCUT2D eigenvalue weighted by Crippen LogP contribution is -2.25. The predicted octanol–water partition coefficient (Wildman–Crippen LogP) is 1.14. The van der Waals surface area contributed by atoms with Gasteiger partial charge in [0.15, 0.2) is 0 Å². The molecule has 0 radical (unpaired) electrons. The molecule has 0 saturated heterocycles. The first kappa shape index (κ1) is 15.7. The smallest absolute Gasteiger partial charge is 0.240 e. The van der Waals surface area contributed by atoms with Crippen molar-refractivity contribution >= 4 is 21.6 Å². The minimum atomic E-state index is -3.54. The topological polar surface area (TPSA) is 93.1 Å². The minimum absolute atomic E-state index is 0.109. The van der Waals surface area contributed by atoms with Crippen LogP contribution in [0.3, 0.4) is 0 Å². The molecule has 7 nitrogen and oxygen atoms in total. The van der Waals surface area contributed by atoms with Gasteiger partial charge in [0.25, 0.3) is 0 Å². The SMILES string of the molecule is O=C1Cc2cc(S(=O)(=O)NCCCCn3ccnc3)ccc2N1. The molecule has 0 saturated carbocycles. The van der Waals surface area contributed by atoms with Crippen LogP contribution < -0.4 is 10.0 Å². The first-order valence-electron chi connectivity index (χ1n) is 7.43. The Morgan fingerprint density at radius 2 is 2.17 bits per heavy atom. The Morgan fingerprint density at radius 1 is 1.30 bits per heavy atom. The Labute approximate surface area is 134 Å². The Balaban J connectivity index is 1.53. The summed E-state index contributed by atoms with van der Waals surface area (Å²) in [6, 6.07) is 4.70. The molecule has 0 aliphatic carbocycles. The van der Waals surface area contributed by atoms with Gasteiger partial charge in [-0.1, -0.05) is 0 Å². The Morgan fingerprint density at radius 3 is 2.96 bits per heavy atom. The van der Waals surface area contributed by atoms with Gasteiger partial charge < -0.3 is 9.88 Å². The Bertz CT molecular complexity index is 800. The van der Waals surface area contributed by atoms with E-state index in [0.29, 0.717) is 12.2 Å². The summed E-state index contributed by atoms with van der Waals surface area (Å²) in [5.74, 6) is -0.109. The largest absolute Gasteiger partial charge is 0.337 e. The number of rotatable bonds is 7. The molecule has 2 heterocycles. The lowest BCUT2D eigenvalue weighted by atomic mass is 10.2. The van der Waals surface area contributed by atoms with Gasteiger partial charge in [-0.3, -0.25) is 4.79 Å². The van der Waals surface area contributed by atoms with Crippen molar-refractivity contribution in [3.05, 3.63) is 42.5 Å². The monoisotopic (exact) mass is 334 g/mol. The zero-order valence-corrected chi connectivity index (χ0v) is 13.3. The first-order chi connectivity index (χ1) is 11.0. The van der Waals surface area contributed by atoms with Crippen molar-refractivity contribution in [1.29, 1.82) is 0 Å². The number of sulfonamides is 1. The maximum Gasteiger partial charge on any atom is 0.240 e. The summed E-state index contributed by atoms with van der Waals surface area (Å²) in [5.41, 5.74) is 1.41. The van der Waals surface area contributed by atoms with Crippen molar-refractivity contribution in [1.82, 2.24) is 14.3 Å². The van der Waals surface area contributed by atoms with Crippen LogP contribution in [0.25, 0.3) is 0 Å². The standard InChI is InChI=1S/C15H18N4O3S/c20-15-10-12-9-13(3-4-14(12)18-15)23(21,22)17-5-1-2-7-19-8-6-16-11-19/h3-4,6,8-9,11,17H,1-2,5,7,10H2,(H,18,20). The van der Waals surface area contributed by atoms with E-state index in [1.807, 2.05) is 10.8 Å². The summed E-state index contributed by atoms with van der Waals surface area (Å²) in [6.07, 6.45) is 7.16. The molecular weight excluding hydrogens is 316 g/mol. The molecular formula is C15H18N4O3S. The van der Waals surface area contributed by atoms with Gasteiger partial charge >= 0.3 is 0 Å². The lowest BCUT2D eigenvalue weighted by Gasteiger charge is -2.08. The summed E-state index contributed by atoms with van der Waals surface area (Å²) in [4.78, 5) is 15.5. The molecule has 0 atom stereocenters. The number of nitrogens with one attached hydrogen (secondary N) is 2. The van der Waals surface area contributed by atoms with E-state index in [1.165, 1.54) is 6.07 Å². The Kier molecular flexibility index (Phi) is 4.44. The van der Waals surface area contributed by atoms with Crippen molar-refractivity contribution < 1.29 is 13.2 Å². The number of carbonyl (C=O) groups excluding carboxylic acids is 1. The quantitative estimate of drug-likeness (QED) is 0.743. The number of amides is 1. The molecule has 0 bridgehead atoms. The number of carbonyl (C=O) groups is 1. The lowest BCUT2D eigenvalue weighted by molar-refractivity contribution is -0.115. The van der Waals surface area contributed by atoms with E-state index in [4.69, 9.17) is 0 Å². The van der Waals surface area contributed by atoms with E-state index >= 15 is 0 Å². The molecule has 1 aromatic carbocycles. The highest BCUT2D eigenvalue weighted by atomic mass is 32.2. The molecule has 0 fully saturated rings. The third kappa shape index (κ3) is 3.77. The molecule has 1 aromatic heterocycles. The van der Waals surface area contributed by atoms with Crippen LogP contribution in [0, 0.1) is 0 Å². The summed E-state index contributed by atoms with van der Waals surface area (Å²) < 4.78 is 29.1. The zero-order valence-electron chi connectivity index (χ0n) is 12.5. The van der Waals surface area contributed by atoms with Gasteiger partial charge in [0.1, 0.15) is 0 Å². The number of hydrogen-bond acceptors (Lipinski definition) is 4. The average Bonchev–Trinajstić information content (AvgIpc) is 3.13. The van der Waals surface area contributed by atoms with Crippen LogP contribution in [-0.2, 0) is 27.8 Å². The number of benzene rings is 1. The van der Waals surface area contributed by atoms with Gasteiger partial charge in [-0.15, -0.1) is 0 Å². The molecule has 8 heteroatoms. The third-order valence-electron chi connectivity index (χ3n) is 3.71. The molecule has 122 valence electrons. The van der Waals surface area contributed by atoms with E-state index < -0.39 is 10.0 Å². The molecule has 2 aromatic rings. The predicted molar refractivity (Wildman–Crippen MR) is 85.4 cm³/mol. The van der Waals surface area contributed by atoms with Gasteiger partial charge in [-0.2, -0.15) is 0 Å². The Hall–Kier alpha value is -2.19. The van der Waals surface area contributed by atoms with Crippen LogP contribution in [0.5, 0.6) is 0 Å². The third-order valence-corrected chi connectivity index (χ3v) is 5.17. The number of fused-ring (bicyclic) bond motifs is 1. The van der Waals surface area contributed by atoms with Crippen LogP contribution in [0.2, 0.25) is 0 Å². The highest BCUT2D eigenvalue weighted by Crippen LogP contribution is 2.25. The summed E-state index contributed by atoms with van der Waals surface area (Å²) in [6.45, 7) is 1.19. The zero-order chi connectivity index (χ0) is 16.3. The van der Waals surface area contributed by atoms with Crippen molar-refractivity contribution in [3.63, 3.8) is 0 Å². The highest BCUT2D eigenvalue weighted by molar-refractivity contribution is 7.89. The fourth-order valence-corrected chi connectivity index (χ4v) is 3.63. The number of aryl methyl sites for hydroxylation is 1. The number of aromatic nitrogens is 2. The van der Waals surface area contributed by atoms with E-state index in [2.05, 4.69) is 15.0 Å². The number of nitrogens with zero attached hydrogens (tertiary/aromatic N) is 2. The normalized spacial score (nSPS) is 13.8. The number of imidazole rings is 1. The summed E-state index contributed by atoms with van der Waals surface area (Å²) in [7, 11) is -3.54. The fourth-order valence-electron chi connectivity index (χ4n) is 2.50. The van der Waals surface area contributed by atoms with Crippen LogP contribution >= 0.6 is 0 Å². The average molecular weight is 334 g/mol. The van der Waals surface area contributed by atoms with E-state index in [9.17, 15) is 13.2 Å². The molecule has 0 spiro atoms. The van der Waals surface area contributed by atoms with Gasteiger partial charge in [0.05, 0.1) is 17.6 Å². The number of hydrogen-bond donors (Lipinski definition) is 2. The van der Waals surface area contributed by atoms with E-state index in [0.717, 1.165) is 24.9 Å². The van der Waals surface area contributed by atoms with Crippen molar-refractivity contribution in [2.24, 2.45) is 0 Å². The van der Waals surface area contributed by atoms with Crippen molar-refractivity contribution in [2.45, 2.75) is 30.7 Å². The van der Waals surface area contributed by atoms with Gasteiger partial charge in [0, 0.05) is 31.2 Å². The maximum absolute atomic E-state index is 12.3. The number of unbranched alkanes of at least 4 members (excludes halogenated alkanes) is 1. The van der Waals surface area contributed by atoms with Crippen molar-refractivity contribution in [2.75, 3.05) is 11.9 Å². The second kappa shape index (κ2) is 6.51. The molecule has 23 heavy (non-hydrogen) atoms.